The Hall–Kier alpha value is -3.02. The van der Waals surface area contributed by atoms with Gasteiger partial charge in [-0.05, 0) is 35.9 Å². The minimum atomic E-state index is 0.243. The van der Waals surface area contributed by atoms with Crippen LogP contribution in [-0.2, 0) is 6.54 Å². The first-order valence-corrected chi connectivity index (χ1v) is 8.62. The van der Waals surface area contributed by atoms with Crippen molar-refractivity contribution in [3.05, 3.63) is 47.8 Å². The van der Waals surface area contributed by atoms with Gasteiger partial charge in [-0.25, -0.2) is 9.97 Å². The highest BCUT2D eigenvalue weighted by Gasteiger charge is 2.14. The van der Waals surface area contributed by atoms with Crippen LogP contribution in [0.3, 0.4) is 0 Å². The van der Waals surface area contributed by atoms with Gasteiger partial charge in [0.05, 0.1) is 12.6 Å². The number of aromatic nitrogens is 2. The molecular formula is C20H21N3O3. The van der Waals surface area contributed by atoms with E-state index in [9.17, 15) is 0 Å². The van der Waals surface area contributed by atoms with Crippen molar-refractivity contribution in [1.29, 1.82) is 0 Å². The molecule has 0 fully saturated rings. The van der Waals surface area contributed by atoms with Crippen molar-refractivity contribution >= 4 is 16.7 Å². The lowest BCUT2D eigenvalue weighted by molar-refractivity contribution is 0.174. The monoisotopic (exact) mass is 351 g/mol. The molecule has 4 rings (SSSR count). The first kappa shape index (κ1) is 16.4. The summed E-state index contributed by atoms with van der Waals surface area (Å²) < 4.78 is 16.2. The largest absolute Gasteiger partial charge is 0.497 e. The summed E-state index contributed by atoms with van der Waals surface area (Å²) in [4.78, 5) is 9.40. The minimum absolute atomic E-state index is 0.243. The maximum absolute atomic E-state index is 5.45. The van der Waals surface area contributed by atoms with Crippen LogP contribution < -0.4 is 19.5 Å². The Bertz CT molecular complexity index is 956. The highest BCUT2D eigenvalue weighted by molar-refractivity contribution is 5.90. The Morgan fingerprint density at radius 3 is 2.73 bits per heavy atom. The Labute approximate surface area is 152 Å². The molecule has 0 bridgehead atoms. The van der Waals surface area contributed by atoms with Crippen LogP contribution in [-0.4, -0.2) is 23.9 Å². The van der Waals surface area contributed by atoms with Crippen molar-refractivity contribution in [1.82, 2.24) is 9.97 Å². The molecule has 6 heteroatoms. The van der Waals surface area contributed by atoms with Crippen LogP contribution in [0.2, 0.25) is 0 Å². The third-order valence-corrected chi connectivity index (χ3v) is 4.33. The maximum Gasteiger partial charge on any atom is 0.231 e. The fourth-order valence-electron chi connectivity index (χ4n) is 2.88. The predicted molar refractivity (Wildman–Crippen MR) is 100 cm³/mol. The van der Waals surface area contributed by atoms with Crippen LogP contribution in [0.15, 0.2) is 36.4 Å². The highest BCUT2D eigenvalue weighted by Crippen LogP contribution is 2.33. The maximum atomic E-state index is 5.45. The Morgan fingerprint density at radius 2 is 1.92 bits per heavy atom. The van der Waals surface area contributed by atoms with Crippen molar-refractivity contribution in [3.8, 4) is 17.2 Å². The second-order valence-corrected chi connectivity index (χ2v) is 6.51. The number of nitrogens with one attached hydrogen (secondary N) is 1. The van der Waals surface area contributed by atoms with Gasteiger partial charge in [0.25, 0.3) is 0 Å². The van der Waals surface area contributed by atoms with Gasteiger partial charge in [0.2, 0.25) is 6.79 Å². The zero-order valence-electron chi connectivity index (χ0n) is 15.1. The summed E-state index contributed by atoms with van der Waals surface area (Å²) in [7, 11) is 1.66. The molecule has 1 aromatic heterocycles. The summed E-state index contributed by atoms with van der Waals surface area (Å²) in [6, 6.07) is 11.8. The van der Waals surface area contributed by atoms with Crippen molar-refractivity contribution in [3.63, 3.8) is 0 Å². The summed E-state index contributed by atoms with van der Waals surface area (Å²) in [5, 5.41) is 4.38. The van der Waals surface area contributed by atoms with Gasteiger partial charge in [-0.1, -0.05) is 19.9 Å². The Morgan fingerprint density at radius 1 is 1.08 bits per heavy atom. The van der Waals surface area contributed by atoms with Crippen molar-refractivity contribution in [2.75, 3.05) is 19.2 Å². The molecule has 0 unspecified atom stereocenters. The summed E-state index contributed by atoms with van der Waals surface area (Å²) in [5.74, 6) is 4.21. The second kappa shape index (κ2) is 6.71. The van der Waals surface area contributed by atoms with Crippen LogP contribution in [0.1, 0.15) is 31.2 Å². The number of methoxy groups -OCH3 is 1. The Kier molecular flexibility index (Phi) is 4.24. The van der Waals surface area contributed by atoms with E-state index in [0.717, 1.165) is 45.4 Å². The number of hydrogen-bond donors (Lipinski definition) is 1. The number of nitrogens with zero attached hydrogens (tertiary/aromatic N) is 2. The Balaban J connectivity index is 1.67. The SMILES string of the molecule is COc1ccc2nc(C(C)C)nc(NCc3ccc4c(c3)OCO4)c2c1. The fraction of sp³-hybridized carbons (Fsp3) is 0.300. The van der Waals surface area contributed by atoms with Gasteiger partial charge in [0, 0.05) is 17.8 Å². The number of anilines is 1. The molecule has 3 aromatic rings. The second-order valence-electron chi connectivity index (χ2n) is 6.51. The summed E-state index contributed by atoms with van der Waals surface area (Å²) >= 11 is 0. The summed E-state index contributed by atoms with van der Waals surface area (Å²) in [6.45, 7) is 5.08. The van der Waals surface area contributed by atoms with Crippen molar-refractivity contribution < 1.29 is 14.2 Å². The molecule has 0 aliphatic carbocycles. The first-order valence-electron chi connectivity index (χ1n) is 8.62. The summed E-state index contributed by atoms with van der Waals surface area (Å²) in [5.41, 5.74) is 1.99. The van der Waals surface area contributed by atoms with E-state index in [1.807, 2.05) is 36.4 Å². The predicted octanol–water partition coefficient (Wildman–Crippen LogP) is 4.10. The average molecular weight is 351 g/mol. The van der Waals surface area contributed by atoms with E-state index in [4.69, 9.17) is 19.2 Å². The van der Waals surface area contributed by atoms with Crippen LogP contribution in [0.5, 0.6) is 17.2 Å². The quantitative estimate of drug-likeness (QED) is 0.746. The van der Waals surface area contributed by atoms with Crippen molar-refractivity contribution in [2.24, 2.45) is 0 Å². The summed E-state index contributed by atoms with van der Waals surface area (Å²) in [6.07, 6.45) is 0. The molecule has 1 aliphatic heterocycles. The van der Waals surface area contributed by atoms with E-state index < -0.39 is 0 Å². The van der Waals surface area contributed by atoms with Gasteiger partial charge in [-0.15, -0.1) is 0 Å². The topological polar surface area (TPSA) is 65.5 Å². The highest BCUT2D eigenvalue weighted by atomic mass is 16.7. The van der Waals surface area contributed by atoms with Crippen LogP contribution in [0.25, 0.3) is 10.9 Å². The minimum Gasteiger partial charge on any atom is -0.497 e. The molecule has 26 heavy (non-hydrogen) atoms. The molecule has 0 saturated heterocycles. The molecule has 1 aliphatic rings. The van der Waals surface area contributed by atoms with E-state index in [0.29, 0.717) is 6.54 Å². The molecule has 6 nitrogen and oxygen atoms in total. The van der Waals surface area contributed by atoms with Gasteiger partial charge < -0.3 is 19.5 Å². The number of ether oxygens (including phenoxy) is 3. The molecule has 2 heterocycles. The molecule has 0 radical (unpaired) electrons. The molecular weight excluding hydrogens is 330 g/mol. The third kappa shape index (κ3) is 3.10. The van der Waals surface area contributed by atoms with Crippen molar-refractivity contribution in [2.45, 2.75) is 26.3 Å². The number of fused-ring (bicyclic) bond motifs is 2. The van der Waals surface area contributed by atoms with Gasteiger partial charge in [0.15, 0.2) is 11.5 Å². The van der Waals surface area contributed by atoms with E-state index in [1.54, 1.807) is 7.11 Å². The smallest absolute Gasteiger partial charge is 0.231 e. The standard InChI is InChI=1S/C20H21N3O3/c1-12(2)19-22-16-6-5-14(24-3)9-15(16)20(23-19)21-10-13-4-7-17-18(8-13)26-11-25-17/h4-9,12H,10-11H2,1-3H3,(H,21,22,23). The van der Waals surface area contributed by atoms with Crippen LogP contribution in [0.4, 0.5) is 5.82 Å². The zero-order valence-corrected chi connectivity index (χ0v) is 15.1. The third-order valence-electron chi connectivity index (χ3n) is 4.33. The van der Waals surface area contributed by atoms with E-state index in [-0.39, 0.29) is 12.7 Å². The van der Waals surface area contributed by atoms with E-state index in [1.165, 1.54) is 0 Å². The lowest BCUT2D eigenvalue weighted by Crippen LogP contribution is -2.07. The lowest BCUT2D eigenvalue weighted by Gasteiger charge is -2.13. The van der Waals surface area contributed by atoms with Gasteiger partial charge in [-0.2, -0.15) is 0 Å². The van der Waals surface area contributed by atoms with Gasteiger partial charge >= 0.3 is 0 Å². The molecule has 0 saturated carbocycles. The lowest BCUT2D eigenvalue weighted by atomic mass is 10.1. The van der Waals surface area contributed by atoms with E-state index in [2.05, 4.69) is 24.1 Å². The molecule has 0 spiro atoms. The molecule has 1 N–H and O–H groups in total. The van der Waals surface area contributed by atoms with Crippen LogP contribution in [0, 0.1) is 0 Å². The van der Waals surface area contributed by atoms with Gasteiger partial charge in [0.1, 0.15) is 17.4 Å². The normalized spacial score (nSPS) is 12.6. The molecule has 2 aromatic carbocycles. The van der Waals surface area contributed by atoms with Gasteiger partial charge in [-0.3, -0.25) is 0 Å². The number of rotatable bonds is 5. The zero-order chi connectivity index (χ0) is 18.1. The van der Waals surface area contributed by atoms with E-state index >= 15 is 0 Å². The average Bonchev–Trinajstić information content (AvgIpc) is 3.13. The molecule has 134 valence electrons. The molecule has 0 atom stereocenters. The van der Waals surface area contributed by atoms with Crippen LogP contribution >= 0.6 is 0 Å². The number of benzene rings is 2. The number of hydrogen-bond acceptors (Lipinski definition) is 6. The first-order chi connectivity index (χ1) is 12.6. The fourth-order valence-corrected chi connectivity index (χ4v) is 2.88. The molecule has 0 amide bonds.